The molecule has 0 bridgehead atoms. The molecule has 1 rings (SSSR count). The molecule has 0 atom stereocenters. The van der Waals surface area contributed by atoms with Crippen molar-refractivity contribution in [2.75, 3.05) is 0 Å². The van der Waals surface area contributed by atoms with Crippen molar-refractivity contribution in [1.29, 1.82) is 0 Å². The van der Waals surface area contributed by atoms with E-state index in [4.69, 9.17) is 0 Å². The topological polar surface area (TPSA) is 12.0 Å². The minimum atomic E-state index is 0.546. The van der Waals surface area contributed by atoms with Crippen LogP contribution < -0.4 is 5.32 Å². The van der Waals surface area contributed by atoms with E-state index in [1.165, 1.54) is 16.7 Å². The summed E-state index contributed by atoms with van der Waals surface area (Å²) in [5.41, 5.74) is 4.35. The van der Waals surface area contributed by atoms with Gasteiger partial charge in [0.25, 0.3) is 0 Å². The zero-order valence-electron chi connectivity index (χ0n) is 10.6. The van der Waals surface area contributed by atoms with Crippen LogP contribution in [0.4, 0.5) is 0 Å². The molecule has 84 valence electrons. The predicted molar refractivity (Wildman–Crippen MR) is 67.2 cm³/mol. The van der Waals surface area contributed by atoms with E-state index in [1.54, 1.807) is 0 Å². The fourth-order valence-corrected chi connectivity index (χ4v) is 1.81. The van der Waals surface area contributed by atoms with Crippen LogP contribution in [-0.4, -0.2) is 6.04 Å². The molecular weight excluding hydrogens is 182 g/mol. The van der Waals surface area contributed by atoms with Crippen LogP contribution in [0, 0.1) is 6.92 Å². The molecule has 0 radical (unpaired) electrons. The first-order valence-corrected chi connectivity index (χ1v) is 5.84. The maximum absolute atomic E-state index is 3.50. The second-order valence-electron chi connectivity index (χ2n) is 4.83. The van der Waals surface area contributed by atoms with Crippen molar-refractivity contribution in [2.24, 2.45) is 0 Å². The fraction of sp³-hybridized carbons (Fsp3) is 0.571. The van der Waals surface area contributed by atoms with Crippen molar-refractivity contribution in [3.63, 3.8) is 0 Å². The van der Waals surface area contributed by atoms with Gasteiger partial charge in [-0.2, -0.15) is 0 Å². The van der Waals surface area contributed by atoms with Crippen molar-refractivity contribution in [3.05, 3.63) is 34.9 Å². The Labute approximate surface area is 93.9 Å². The minimum Gasteiger partial charge on any atom is -0.310 e. The highest BCUT2D eigenvalue weighted by Gasteiger charge is 2.08. The first kappa shape index (κ1) is 12.3. The van der Waals surface area contributed by atoms with Gasteiger partial charge in [-0.25, -0.2) is 0 Å². The van der Waals surface area contributed by atoms with Crippen LogP contribution in [0.25, 0.3) is 0 Å². The van der Waals surface area contributed by atoms with E-state index in [-0.39, 0.29) is 0 Å². The van der Waals surface area contributed by atoms with E-state index in [1.807, 2.05) is 0 Å². The highest BCUT2D eigenvalue weighted by atomic mass is 14.9. The van der Waals surface area contributed by atoms with E-state index in [2.05, 4.69) is 58.1 Å². The van der Waals surface area contributed by atoms with E-state index in [0.717, 1.165) is 6.54 Å². The Hall–Kier alpha value is -0.820. The average molecular weight is 205 g/mol. The Morgan fingerprint density at radius 1 is 1.13 bits per heavy atom. The number of hydrogen-bond acceptors (Lipinski definition) is 1. The summed E-state index contributed by atoms with van der Waals surface area (Å²) in [5, 5.41) is 3.50. The first-order valence-electron chi connectivity index (χ1n) is 5.84. The van der Waals surface area contributed by atoms with E-state index >= 15 is 0 Å². The Bertz CT molecular complexity index is 313. The molecule has 1 aromatic rings. The summed E-state index contributed by atoms with van der Waals surface area (Å²) in [6.07, 6.45) is 0. The smallest absolute Gasteiger partial charge is 0.0213 e. The molecule has 0 amide bonds. The molecule has 0 aromatic heterocycles. The minimum absolute atomic E-state index is 0.546. The number of benzene rings is 1. The lowest BCUT2D eigenvalue weighted by molar-refractivity contribution is 0.583. The van der Waals surface area contributed by atoms with E-state index < -0.39 is 0 Å². The van der Waals surface area contributed by atoms with Gasteiger partial charge in [-0.15, -0.1) is 0 Å². The molecule has 0 unspecified atom stereocenters. The molecule has 0 spiro atoms. The summed E-state index contributed by atoms with van der Waals surface area (Å²) in [6.45, 7) is 12.1. The summed E-state index contributed by atoms with van der Waals surface area (Å²) in [4.78, 5) is 0. The third kappa shape index (κ3) is 3.35. The Morgan fingerprint density at radius 3 is 2.33 bits per heavy atom. The van der Waals surface area contributed by atoms with Crippen LogP contribution in [-0.2, 0) is 6.54 Å². The number of nitrogens with one attached hydrogen (secondary N) is 1. The van der Waals surface area contributed by atoms with Crippen LogP contribution >= 0.6 is 0 Å². The van der Waals surface area contributed by atoms with Crippen LogP contribution in [0.1, 0.15) is 50.3 Å². The number of aryl methyl sites for hydroxylation is 1. The SMILES string of the molecule is Cc1cccc(C(C)C)c1CNC(C)C. The first-order chi connectivity index (χ1) is 7.02. The maximum atomic E-state index is 3.50. The molecule has 0 saturated carbocycles. The van der Waals surface area contributed by atoms with Gasteiger partial charge in [0.1, 0.15) is 0 Å². The summed E-state index contributed by atoms with van der Waals surface area (Å²) in [5.74, 6) is 0.605. The molecule has 15 heavy (non-hydrogen) atoms. The summed E-state index contributed by atoms with van der Waals surface area (Å²) >= 11 is 0. The van der Waals surface area contributed by atoms with E-state index in [9.17, 15) is 0 Å². The van der Waals surface area contributed by atoms with Gasteiger partial charge < -0.3 is 5.32 Å². The molecule has 0 heterocycles. The monoisotopic (exact) mass is 205 g/mol. The molecule has 0 aliphatic heterocycles. The molecule has 1 aromatic carbocycles. The second kappa shape index (κ2) is 5.32. The van der Waals surface area contributed by atoms with Crippen LogP contribution in [0.2, 0.25) is 0 Å². The van der Waals surface area contributed by atoms with E-state index in [0.29, 0.717) is 12.0 Å². The quantitative estimate of drug-likeness (QED) is 0.791. The van der Waals surface area contributed by atoms with Gasteiger partial charge in [-0.1, -0.05) is 45.9 Å². The van der Waals surface area contributed by atoms with Crippen molar-refractivity contribution in [2.45, 2.75) is 53.1 Å². The molecule has 1 N–H and O–H groups in total. The van der Waals surface area contributed by atoms with Crippen LogP contribution in [0.15, 0.2) is 18.2 Å². The summed E-state index contributed by atoms with van der Waals surface area (Å²) in [7, 11) is 0. The Morgan fingerprint density at radius 2 is 1.80 bits per heavy atom. The van der Waals surface area contributed by atoms with Crippen molar-refractivity contribution >= 4 is 0 Å². The molecule has 0 aliphatic carbocycles. The fourth-order valence-electron chi connectivity index (χ4n) is 1.81. The second-order valence-corrected chi connectivity index (χ2v) is 4.83. The zero-order chi connectivity index (χ0) is 11.4. The highest BCUT2D eigenvalue weighted by Crippen LogP contribution is 2.22. The Kier molecular flexibility index (Phi) is 4.34. The summed E-state index contributed by atoms with van der Waals surface area (Å²) < 4.78 is 0. The highest BCUT2D eigenvalue weighted by molar-refractivity contribution is 5.36. The third-order valence-corrected chi connectivity index (χ3v) is 2.76. The Balaban J connectivity index is 2.92. The van der Waals surface area contributed by atoms with Gasteiger partial charge in [0.15, 0.2) is 0 Å². The van der Waals surface area contributed by atoms with Gasteiger partial charge in [0.2, 0.25) is 0 Å². The number of rotatable bonds is 4. The van der Waals surface area contributed by atoms with Gasteiger partial charge in [0, 0.05) is 12.6 Å². The van der Waals surface area contributed by atoms with Gasteiger partial charge in [0.05, 0.1) is 0 Å². The average Bonchev–Trinajstić information content (AvgIpc) is 2.15. The molecule has 0 saturated heterocycles. The largest absolute Gasteiger partial charge is 0.310 e. The molecule has 0 fully saturated rings. The molecule has 1 heteroatoms. The predicted octanol–water partition coefficient (Wildman–Crippen LogP) is 3.62. The lowest BCUT2D eigenvalue weighted by Crippen LogP contribution is -2.23. The normalized spacial score (nSPS) is 11.4. The lowest BCUT2D eigenvalue weighted by Gasteiger charge is -2.17. The van der Waals surface area contributed by atoms with Crippen LogP contribution in [0.3, 0.4) is 0 Å². The lowest BCUT2D eigenvalue weighted by atomic mass is 9.94. The molecule has 1 nitrogen and oxygen atoms in total. The molecular formula is C14H23N. The van der Waals surface area contributed by atoms with Crippen LogP contribution in [0.5, 0.6) is 0 Å². The van der Waals surface area contributed by atoms with Gasteiger partial charge in [-0.3, -0.25) is 0 Å². The summed E-state index contributed by atoms with van der Waals surface area (Å²) in [6, 6.07) is 7.14. The van der Waals surface area contributed by atoms with Gasteiger partial charge >= 0.3 is 0 Å². The van der Waals surface area contributed by atoms with Crippen molar-refractivity contribution < 1.29 is 0 Å². The molecule has 0 aliphatic rings. The third-order valence-electron chi connectivity index (χ3n) is 2.76. The van der Waals surface area contributed by atoms with Crippen molar-refractivity contribution in [3.8, 4) is 0 Å². The van der Waals surface area contributed by atoms with Crippen molar-refractivity contribution in [1.82, 2.24) is 5.32 Å². The number of hydrogen-bond donors (Lipinski definition) is 1. The zero-order valence-corrected chi connectivity index (χ0v) is 10.6. The van der Waals surface area contributed by atoms with Gasteiger partial charge in [-0.05, 0) is 29.5 Å². The standard InChI is InChI=1S/C14H23N/c1-10(2)13-8-6-7-12(5)14(13)9-15-11(3)4/h6-8,10-11,15H,9H2,1-5H3. The maximum Gasteiger partial charge on any atom is 0.0213 e.